The van der Waals surface area contributed by atoms with Gasteiger partial charge in [0, 0.05) is 17.1 Å². The Morgan fingerprint density at radius 3 is 2.39 bits per heavy atom. The van der Waals surface area contributed by atoms with E-state index in [2.05, 4.69) is 4.98 Å². The standard InChI is InChI=1S/C21H15FN2O3S/c1-12-2-4-13(5-3-12)17-16(18(25)14-6-8-15(22)9-7-14)19(26)20(27)24(17)21-23-10-11-28-21/h2-11,17,25H,1H3/b18-16-. The Kier molecular flexibility index (Phi) is 4.52. The molecule has 0 radical (unpaired) electrons. The van der Waals surface area contributed by atoms with Crippen molar-refractivity contribution >= 4 is 33.9 Å². The summed E-state index contributed by atoms with van der Waals surface area (Å²) < 4.78 is 13.3. The van der Waals surface area contributed by atoms with Gasteiger partial charge >= 0.3 is 5.91 Å². The van der Waals surface area contributed by atoms with Crippen LogP contribution in [0.4, 0.5) is 9.52 Å². The van der Waals surface area contributed by atoms with Gasteiger partial charge in [-0.15, -0.1) is 11.3 Å². The number of amides is 1. The highest BCUT2D eigenvalue weighted by atomic mass is 32.1. The van der Waals surface area contributed by atoms with Gasteiger partial charge in [-0.3, -0.25) is 14.5 Å². The van der Waals surface area contributed by atoms with Gasteiger partial charge in [0.1, 0.15) is 11.6 Å². The highest BCUT2D eigenvalue weighted by molar-refractivity contribution is 7.14. The molecule has 0 bridgehead atoms. The third-order valence-corrected chi connectivity index (χ3v) is 5.35. The third-order valence-electron chi connectivity index (χ3n) is 4.58. The zero-order valence-electron chi connectivity index (χ0n) is 14.8. The van der Waals surface area contributed by atoms with Gasteiger partial charge < -0.3 is 5.11 Å². The number of aromatic nitrogens is 1. The molecule has 3 aromatic rings. The molecule has 0 spiro atoms. The number of carbonyl (C=O) groups is 2. The molecule has 1 aromatic heterocycles. The van der Waals surface area contributed by atoms with Crippen LogP contribution in [0.1, 0.15) is 22.7 Å². The number of aliphatic hydroxyl groups excluding tert-OH is 1. The normalized spacial score (nSPS) is 18.6. The Labute approximate surface area is 164 Å². The Morgan fingerprint density at radius 1 is 1.11 bits per heavy atom. The molecule has 0 aliphatic carbocycles. The highest BCUT2D eigenvalue weighted by Gasteiger charge is 2.47. The van der Waals surface area contributed by atoms with Crippen molar-refractivity contribution in [3.8, 4) is 0 Å². The number of aryl methyl sites for hydroxylation is 1. The molecule has 1 fully saturated rings. The Hall–Kier alpha value is -3.32. The number of halogens is 1. The molecule has 1 N–H and O–H groups in total. The maximum absolute atomic E-state index is 13.3. The minimum Gasteiger partial charge on any atom is -0.507 e. The van der Waals surface area contributed by atoms with E-state index in [0.29, 0.717) is 10.7 Å². The number of anilines is 1. The van der Waals surface area contributed by atoms with Gasteiger partial charge in [-0.2, -0.15) is 0 Å². The first-order valence-electron chi connectivity index (χ1n) is 8.50. The number of carbonyl (C=O) groups excluding carboxylic acids is 2. The lowest BCUT2D eigenvalue weighted by atomic mass is 9.95. The van der Waals surface area contributed by atoms with Crippen molar-refractivity contribution in [1.82, 2.24) is 4.98 Å². The fraction of sp³-hybridized carbons (Fsp3) is 0.0952. The molecule has 5 nitrogen and oxygen atoms in total. The SMILES string of the molecule is Cc1ccc(C2/C(=C(/O)c3ccc(F)cc3)C(=O)C(=O)N2c2nccs2)cc1. The van der Waals surface area contributed by atoms with E-state index >= 15 is 0 Å². The van der Waals surface area contributed by atoms with E-state index < -0.39 is 23.5 Å². The topological polar surface area (TPSA) is 70.5 Å². The molecule has 1 amide bonds. The molecule has 2 heterocycles. The van der Waals surface area contributed by atoms with Crippen LogP contribution in [0.2, 0.25) is 0 Å². The van der Waals surface area contributed by atoms with E-state index in [4.69, 9.17) is 0 Å². The van der Waals surface area contributed by atoms with Gasteiger partial charge in [-0.25, -0.2) is 9.37 Å². The van der Waals surface area contributed by atoms with E-state index in [1.807, 2.05) is 31.2 Å². The average Bonchev–Trinajstić information content (AvgIpc) is 3.30. The molecule has 140 valence electrons. The number of benzene rings is 2. The number of thiazole rings is 1. The maximum atomic E-state index is 13.3. The smallest absolute Gasteiger partial charge is 0.301 e. The van der Waals surface area contributed by atoms with Crippen molar-refractivity contribution in [3.63, 3.8) is 0 Å². The van der Waals surface area contributed by atoms with Crippen LogP contribution in [-0.2, 0) is 9.59 Å². The zero-order chi connectivity index (χ0) is 19.8. The van der Waals surface area contributed by atoms with Crippen molar-refractivity contribution in [2.45, 2.75) is 13.0 Å². The van der Waals surface area contributed by atoms with Crippen molar-refractivity contribution < 1.29 is 19.1 Å². The summed E-state index contributed by atoms with van der Waals surface area (Å²) in [5, 5.41) is 12.9. The molecule has 2 aromatic carbocycles. The molecule has 0 saturated carbocycles. The summed E-state index contributed by atoms with van der Waals surface area (Å²) in [6, 6.07) is 11.7. The molecular formula is C21H15FN2O3S. The zero-order valence-corrected chi connectivity index (χ0v) is 15.6. The monoisotopic (exact) mass is 394 g/mol. The molecule has 1 aliphatic heterocycles. The fourth-order valence-electron chi connectivity index (χ4n) is 3.19. The lowest BCUT2D eigenvalue weighted by molar-refractivity contribution is -0.132. The molecule has 4 rings (SSSR count). The van der Waals surface area contributed by atoms with Crippen LogP contribution in [0.15, 0.2) is 65.7 Å². The first-order valence-corrected chi connectivity index (χ1v) is 9.38. The summed E-state index contributed by atoms with van der Waals surface area (Å²) in [5.41, 5.74) is 1.91. The fourth-order valence-corrected chi connectivity index (χ4v) is 3.86. The van der Waals surface area contributed by atoms with Crippen molar-refractivity contribution in [2.24, 2.45) is 0 Å². The average molecular weight is 394 g/mol. The van der Waals surface area contributed by atoms with Crippen molar-refractivity contribution in [3.05, 3.63) is 88.2 Å². The number of ketones is 1. The van der Waals surface area contributed by atoms with Crippen LogP contribution in [0.25, 0.3) is 5.76 Å². The Bertz CT molecular complexity index is 1070. The lowest BCUT2D eigenvalue weighted by Gasteiger charge is -2.23. The van der Waals surface area contributed by atoms with Gasteiger partial charge in [-0.05, 0) is 36.8 Å². The first-order chi connectivity index (χ1) is 13.5. The first kappa shape index (κ1) is 18.1. The van der Waals surface area contributed by atoms with E-state index in [-0.39, 0.29) is 16.9 Å². The molecule has 1 aliphatic rings. The van der Waals surface area contributed by atoms with E-state index in [9.17, 15) is 19.1 Å². The van der Waals surface area contributed by atoms with Crippen LogP contribution in [0.3, 0.4) is 0 Å². The molecule has 1 saturated heterocycles. The van der Waals surface area contributed by atoms with Gasteiger partial charge in [0.15, 0.2) is 5.13 Å². The van der Waals surface area contributed by atoms with Gasteiger partial charge in [0.05, 0.1) is 11.6 Å². The predicted molar refractivity (Wildman–Crippen MR) is 104 cm³/mol. The minimum atomic E-state index is -0.822. The van der Waals surface area contributed by atoms with Gasteiger partial charge in [0.2, 0.25) is 0 Å². The Balaban J connectivity index is 1.93. The highest BCUT2D eigenvalue weighted by Crippen LogP contribution is 2.42. The second kappa shape index (κ2) is 7.01. The number of Topliss-reactive ketones (excluding diaryl/α,β-unsaturated/α-hetero) is 1. The largest absolute Gasteiger partial charge is 0.507 e. The summed E-state index contributed by atoms with van der Waals surface area (Å²) in [5.74, 6) is -2.37. The van der Waals surface area contributed by atoms with Gasteiger partial charge in [0.25, 0.3) is 5.78 Å². The predicted octanol–water partition coefficient (Wildman–Crippen LogP) is 4.22. The molecule has 1 atom stereocenters. The molecule has 1 unspecified atom stereocenters. The lowest BCUT2D eigenvalue weighted by Crippen LogP contribution is -2.29. The maximum Gasteiger partial charge on any atom is 0.301 e. The molecular weight excluding hydrogens is 379 g/mol. The summed E-state index contributed by atoms with van der Waals surface area (Å²) in [6.45, 7) is 1.93. The van der Waals surface area contributed by atoms with Crippen molar-refractivity contribution in [1.29, 1.82) is 0 Å². The summed E-state index contributed by atoms with van der Waals surface area (Å²) in [7, 11) is 0. The van der Waals surface area contributed by atoms with Crippen LogP contribution >= 0.6 is 11.3 Å². The number of rotatable bonds is 3. The Morgan fingerprint density at radius 2 is 1.79 bits per heavy atom. The molecule has 7 heteroatoms. The summed E-state index contributed by atoms with van der Waals surface area (Å²) >= 11 is 1.23. The van der Waals surface area contributed by atoms with Crippen LogP contribution < -0.4 is 4.90 Å². The van der Waals surface area contributed by atoms with E-state index in [1.165, 1.54) is 40.5 Å². The molecule has 28 heavy (non-hydrogen) atoms. The minimum absolute atomic E-state index is 0.0457. The van der Waals surface area contributed by atoms with E-state index in [0.717, 1.165) is 5.56 Å². The van der Waals surface area contributed by atoms with E-state index in [1.54, 1.807) is 11.6 Å². The number of aliphatic hydroxyl groups is 1. The number of nitrogens with zero attached hydrogens (tertiary/aromatic N) is 2. The van der Waals surface area contributed by atoms with Crippen molar-refractivity contribution in [2.75, 3.05) is 4.90 Å². The summed E-state index contributed by atoms with van der Waals surface area (Å²) in [4.78, 5) is 31.1. The quantitative estimate of drug-likeness (QED) is 0.410. The number of hydrogen-bond acceptors (Lipinski definition) is 5. The second-order valence-electron chi connectivity index (χ2n) is 6.40. The third kappa shape index (κ3) is 2.99. The van der Waals surface area contributed by atoms with Gasteiger partial charge in [-0.1, -0.05) is 29.8 Å². The van der Waals surface area contributed by atoms with Crippen LogP contribution in [0, 0.1) is 12.7 Å². The second-order valence-corrected chi connectivity index (χ2v) is 7.27. The van der Waals surface area contributed by atoms with Crippen LogP contribution in [0.5, 0.6) is 0 Å². The number of hydrogen-bond donors (Lipinski definition) is 1. The van der Waals surface area contributed by atoms with Crippen LogP contribution in [-0.4, -0.2) is 21.8 Å². The summed E-state index contributed by atoms with van der Waals surface area (Å²) in [6.07, 6.45) is 1.55.